The zero-order valence-corrected chi connectivity index (χ0v) is 15.1. The Kier molecular flexibility index (Phi) is 5.89. The molecular weight excluding hydrogens is 326 g/mol. The highest BCUT2D eigenvalue weighted by molar-refractivity contribution is 5.99. The van der Waals surface area contributed by atoms with Crippen LogP contribution in [0.3, 0.4) is 0 Å². The predicted molar refractivity (Wildman–Crippen MR) is 106 cm³/mol. The monoisotopic (exact) mass is 351 g/mol. The van der Waals surface area contributed by atoms with E-state index in [1.165, 1.54) is 31.4 Å². The first-order valence-electron chi connectivity index (χ1n) is 9.12. The van der Waals surface area contributed by atoms with Crippen molar-refractivity contribution in [2.45, 2.75) is 32.6 Å². The Balaban J connectivity index is 1.64. The lowest BCUT2D eigenvalue weighted by Crippen LogP contribution is -2.23. The SMILES string of the molecule is C/C(=N\Nc1ccc(C(=O)O)cc1)c1ccc(N2CCCCCC2)cc1. The second kappa shape index (κ2) is 8.52. The van der Waals surface area contributed by atoms with E-state index in [0.717, 1.165) is 30.1 Å². The van der Waals surface area contributed by atoms with Gasteiger partial charge in [0.2, 0.25) is 0 Å². The van der Waals surface area contributed by atoms with Crippen molar-refractivity contribution in [3.05, 3.63) is 59.7 Å². The van der Waals surface area contributed by atoms with E-state index in [0.29, 0.717) is 0 Å². The summed E-state index contributed by atoms with van der Waals surface area (Å²) in [4.78, 5) is 13.3. The number of anilines is 2. The number of nitrogens with zero attached hydrogens (tertiary/aromatic N) is 2. The lowest BCUT2D eigenvalue weighted by atomic mass is 10.1. The van der Waals surface area contributed by atoms with Gasteiger partial charge in [-0.05, 0) is 61.7 Å². The van der Waals surface area contributed by atoms with Gasteiger partial charge in [-0.1, -0.05) is 25.0 Å². The van der Waals surface area contributed by atoms with Crippen LogP contribution < -0.4 is 10.3 Å². The van der Waals surface area contributed by atoms with Gasteiger partial charge >= 0.3 is 5.97 Å². The second-order valence-corrected chi connectivity index (χ2v) is 6.64. The van der Waals surface area contributed by atoms with Crippen LogP contribution in [0.1, 0.15) is 48.5 Å². The van der Waals surface area contributed by atoms with E-state index >= 15 is 0 Å². The van der Waals surface area contributed by atoms with Gasteiger partial charge in [-0.25, -0.2) is 4.79 Å². The van der Waals surface area contributed by atoms with E-state index in [-0.39, 0.29) is 5.56 Å². The average Bonchev–Trinajstić information content (AvgIpc) is 2.96. The largest absolute Gasteiger partial charge is 0.478 e. The van der Waals surface area contributed by atoms with Gasteiger partial charge in [0.25, 0.3) is 0 Å². The Morgan fingerprint density at radius 3 is 2.08 bits per heavy atom. The van der Waals surface area contributed by atoms with Crippen molar-refractivity contribution in [1.29, 1.82) is 0 Å². The van der Waals surface area contributed by atoms with Crippen molar-refractivity contribution in [2.75, 3.05) is 23.4 Å². The van der Waals surface area contributed by atoms with Crippen molar-refractivity contribution < 1.29 is 9.90 Å². The number of hydrogen-bond donors (Lipinski definition) is 2. The van der Waals surface area contributed by atoms with Crippen LogP contribution in [-0.2, 0) is 0 Å². The molecular formula is C21H25N3O2. The lowest BCUT2D eigenvalue weighted by molar-refractivity contribution is 0.0697. The number of carboxylic acid groups (broad SMARTS) is 1. The van der Waals surface area contributed by atoms with Crippen molar-refractivity contribution in [2.24, 2.45) is 5.10 Å². The molecule has 0 aromatic heterocycles. The van der Waals surface area contributed by atoms with Gasteiger partial charge < -0.3 is 10.0 Å². The Bertz CT molecular complexity index is 759. The molecule has 136 valence electrons. The fraction of sp³-hybridized carbons (Fsp3) is 0.333. The summed E-state index contributed by atoms with van der Waals surface area (Å²) >= 11 is 0. The molecule has 2 aromatic carbocycles. The molecule has 3 rings (SSSR count). The van der Waals surface area contributed by atoms with E-state index in [1.54, 1.807) is 24.3 Å². The number of benzene rings is 2. The van der Waals surface area contributed by atoms with Crippen LogP contribution in [0.15, 0.2) is 53.6 Å². The quantitative estimate of drug-likeness (QED) is 0.610. The highest BCUT2D eigenvalue weighted by Gasteiger charge is 2.10. The minimum atomic E-state index is -0.930. The van der Waals surface area contributed by atoms with E-state index in [2.05, 4.69) is 39.7 Å². The number of aromatic carboxylic acids is 1. The summed E-state index contributed by atoms with van der Waals surface area (Å²) < 4.78 is 0. The van der Waals surface area contributed by atoms with Crippen molar-refractivity contribution >= 4 is 23.1 Å². The molecule has 0 spiro atoms. The average molecular weight is 351 g/mol. The maximum absolute atomic E-state index is 10.9. The summed E-state index contributed by atoms with van der Waals surface area (Å²) in [5, 5.41) is 13.3. The number of rotatable bonds is 5. The maximum Gasteiger partial charge on any atom is 0.335 e. The molecule has 1 aliphatic heterocycles. The predicted octanol–water partition coefficient (Wildman–Crippen LogP) is 4.60. The van der Waals surface area contributed by atoms with Crippen LogP contribution in [0, 0.1) is 0 Å². The Labute approximate surface area is 154 Å². The van der Waals surface area contributed by atoms with E-state index in [1.807, 2.05) is 6.92 Å². The summed E-state index contributed by atoms with van der Waals surface area (Å²) in [6.07, 6.45) is 5.21. The minimum absolute atomic E-state index is 0.264. The molecule has 5 heteroatoms. The van der Waals surface area contributed by atoms with Gasteiger partial charge in [0, 0.05) is 18.8 Å². The van der Waals surface area contributed by atoms with Crippen molar-refractivity contribution in [1.82, 2.24) is 0 Å². The van der Waals surface area contributed by atoms with Gasteiger partial charge in [0.15, 0.2) is 0 Å². The topological polar surface area (TPSA) is 64.9 Å². The molecule has 0 bridgehead atoms. The summed E-state index contributed by atoms with van der Waals surface area (Å²) in [5.74, 6) is -0.930. The minimum Gasteiger partial charge on any atom is -0.478 e. The van der Waals surface area contributed by atoms with E-state index < -0.39 is 5.97 Å². The molecule has 2 aromatic rings. The van der Waals surface area contributed by atoms with Gasteiger partial charge in [-0.3, -0.25) is 5.43 Å². The number of carboxylic acids is 1. The highest BCUT2D eigenvalue weighted by Crippen LogP contribution is 2.20. The van der Waals surface area contributed by atoms with Crippen molar-refractivity contribution in [3.63, 3.8) is 0 Å². The Morgan fingerprint density at radius 2 is 1.50 bits per heavy atom. The zero-order chi connectivity index (χ0) is 18.4. The molecule has 1 fully saturated rings. The second-order valence-electron chi connectivity index (χ2n) is 6.64. The number of carbonyl (C=O) groups is 1. The molecule has 26 heavy (non-hydrogen) atoms. The normalized spacial score (nSPS) is 15.4. The summed E-state index contributed by atoms with van der Waals surface area (Å²) in [6, 6.07) is 15.1. The van der Waals surface area contributed by atoms with Gasteiger partial charge in [0.1, 0.15) is 0 Å². The fourth-order valence-corrected chi connectivity index (χ4v) is 3.14. The van der Waals surface area contributed by atoms with Crippen LogP contribution in [0.2, 0.25) is 0 Å². The third-order valence-corrected chi connectivity index (χ3v) is 4.74. The molecule has 0 amide bonds. The van der Waals surface area contributed by atoms with Crippen molar-refractivity contribution in [3.8, 4) is 0 Å². The Morgan fingerprint density at radius 1 is 0.923 bits per heavy atom. The Hall–Kier alpha value is -2.82. The van der Waals surface area contributed by atoms with E-state index in [9.17, 15) is 4.79 Å². The highest BCUT2D eigenvalue weighted by atomic mass is 16.4. The lowest BCUT2D eigenvalue weighted by Gasteiger charge is -2.22. The number of hydrogen-bond acceptors (Lipinski definition) is 4. The van der Waals surface area contributed by atoms with E-state index in [4.69, 9.17) is 5.11 Å². The summed E-state index contributed by atoms with van der Waals surface area (Å²) in [5.41, 5.74) is 7.23. The zero-order valence-electron chi connectivity index (χ0n) is 15.1. The number of nitrogens with one attached hydrogen (secondary N) is 1. The van der Waals surface area contributed by atoms with Gasteiger partial charge in [0.05, 0.1) is 17.0 Å². The third-order valence-electron chi connectivity index (χ3n) is 4.74. The summed E-state index contributed by atoms with van der Waals surface area (Å²) in [7, 11) is 0. The van der Waals surface area contributed by atoms with Crippen LogP contribution >= 0.6 is 0 Å². The molecule has 0 unspecified atom stereocenters. The maximum atomic E-state index is 10.9. The molecule has 1 heterocycles. The van der Waals surface area contributed by atoms with Crippen LogP contribution in [-0.4, -0.2) is 29.9 Å². The molecule has 1 saturated heterocycles. The summed E-state index contributed by atoms with van der Waals surface area (Å²) in [6.45, 7) is 4.24. The number of hydrazone groups is 1. The molecule has 0 radical (unpaired) electrons. The first kappa shape index (κ1) is 18.0. The van der Waals surface area contributed by atoms with Gasteiger partial charge in [-0.15, -0.1) is 0 Å². The first-order chi connectivity index (χ1) is 12.6. The standard InChI is InChI=1S/C21H25N3O2/c1-16(22-23-19-10-6-18(7-11-19)21(25)26)17-8-12-20(13-9-17)24-14-4-2-3-5-15-24/h6-13,23H,2-5,14-15H2,1H3,(H,25,26)/b22-16+. The fourth-order valence-electron chi connectivity index (χ4n) is 3.14. The first-order valence-corrected chi connectivity index (χ1v) is 9.12. The van der Waals surface area contributed by atoms with Crippen LogP contribution in [0.25, 0.3) is 0 Å². The molecule has 0 aliphatic carbocycles. The molecule has 5 nitrogen and oxygen atoms in total. The molecule has 0 atom stereocenters. The molecule has 2 N–H and O–H groups in total. The smallest absolute Gasteiger partial charge is 0.335 e. The van der Waals surface area contributed by atoms with Crippen LogP contribution in [0.5, 0.6) is 0 Å². The molecule has 0 saturated carbocycles. The van der Waals surface area contributed by atoms with Crippen LogP contribution in [0.4, 0.5) is 11.4 Å². The molecule has 1 aliphatic rings. The van der Waals surface area contributed by atoms with Gasteiger partial charge in [-0.2, -0.15) is 5.10 Å². The third kappa shape index (κ3) is 4.63.